The summed E-state index contributed by atoms with van der Waals surface area (Å²) in [6.45, 7) is 1.09. The molecule has 7 heteroatoms. The molecule has 0 fully saturated rings. The number of alkyl halides is 1. The second-order valence-electron chi connectivity index (χ2n) is 7.03. The van der Waals surface area contributed by atoms with Crippen molar-refractivity contribution in [2.24, 2.45) is 4.99 Å². The quantitative estimate of drug-likeness (QED) is 0.547. The van der Waals surface area contributed by atoms with Crippen LogP contribution in [0.25, 0.3) is 16.7 Å². The first-order valence-corrected chi connectivity index (χ1v) is 8.92. The summed E-state index contributed by atoms with van der Waals surface area (Å²) in [4.78, 5) is 16.0. The monoisotopic (exact) mass is 417 g/mol. The van der Waals surface area contributed by atoms with Crippen LogP contribution in [0, 0.1) is 11.6 Å². The van der Waals surface area contributed by atoms with Crippen molar-refractivity contribution in [2.75, 3.05) is 0 Å². The summed E-state index contributed by atoms with van der Waals surface area (Å²) in [7, 11) is 0. The summed E-state index contributed by atoms with van der Waals surface area (Å²) in [5, 5.41) is 11.7. The number of carbonyl (C=O) groups is 1. The number of rotatable bonds is 3. The number of carboxylic acids is 1. The van der Waals surface area contributed by atoms with E-state index in [4.69, 9.17) is 0 Å². The zero-order valence-corrected chi connectivity index (χ0v) is 18.3. The molecule has 0 saturated carbocycles. The fourth-order valence-corrected chi connectivity index (χ4v) is 3.72. The summed E-state index contributed by atoms with van der Waals surface area (Å²) >= 11 is 0. The molecule has 3 aromatic rings. The smallest absolute Gasteiger partial charge is 0.545 e. The van der Waals surface area contributed by atoms with E-state index in [1.807, 2.05) is 0 Å². The molecular formula is C23H15F3NNaO2. The van der Waals surface area contributed by atoms with Gasteiger partial charge in [0, 0.05) is 16.4 Å². The Morgan fingerprint density at radius 2 is 1.70 bits per heavy atom. The summed E-state index contributed by atoms with van der Waals surface area (Å²) in [5.41, 5.74) is -1.69. The van der Waals surface area contributed by atoms with Gasteiger partial charge in [-0.1, -0.05) is 42.5 Å². The predicted octanol–water partition coefficient (Wildman–Crippen LogP) is -0.361. The number of carboxylic acid groups (broad SMARTS) is 1. The average molecular weight is 417 g/mol. The van der Waals surface area contributed by atoms with Crippen molar-refractivity contribution in [3.63, 3.8) is 0 Å². The van der Waals surface area contributed by atoms with Crippen molar-refractivity contribution in [3.05, 3.63) is 94.5 Å². The Morgan fingerprint density at radius 1 is 1.03 bits per heavy atom. The number of aliphatic carboxylic acids is 1. The molecule has 30 heavy (non-hydrogen) atoms. The van der Waals surface area contributed by atoms with Crippen LogP contribution in [0.2, 0.25) is 0 Å². The van der Waals surface area contributed by atoms with Gasteiger partial charge in [-0.2, -0.15) is 0 Å². The Balaban J connectivity index is 0.00000256. The van der Waals surface area contributed by atoms with E-state index in [1.165, 1.54) is 12.1 Å². The fourth-order valence-electron chi connectivity index (χ4n) is 3.72. The summed E-state index contributed by atoms with van der Waals surface area (Å²) < 4.78 is 43.3. The molecule has 0 bridgehead atoms. The van der Waals surface area contributed by atoms with Gasteiger partial charge in [0.25, 0.3) is 0 Å². The molecule has 0 aromatic heterocycles. The molecule has 146 valence electrons. The van der Waals surface area contributed by atoms with E-state index in [1.54, 1.807) is 42.5 Å². The van der Waals surface area contributed by atoms with Crippen molar-refractivity contribution in [3.8, 4) is 11.1 Å². The van der Waals surface area contributed by atoms with Gasteiger partial charge < -0.3 is 9.90 Å². The van der Waals surface area contributed by atoms with Crippen LogP contribution in [0.4, 0.5) is 13.2 Å². The molecule has 2 unspecified atom stereocenters. The van der Waals surface area contributed by atoms with Gasteiger partial charge in [0.15, 0.2) is 5.67 Å². The Bertz CT molecular complexity index is 1240. The van der Waals surface area contributed by atoms with E-state index < -0.39 is 29.1 Å². The zero-order chi connectivity index (χ0) is 20.8. The first-order chi connectivity index (χ1) is 13.8. The molecule has 0 saturated heterocycles. The summed E-state index contributed by atoms with van der Waals surface area (Å²) in [6.07, 6.45) is 0. The van der Waals surface area contributed by atoms with Gasteiger partial charge in [-0.3, -0.25) is 4.99 Å². The van der Waals surface area contributed by atoms with Gasteiger partial charge in [-0.05, 0) is 42.3 Å². The fraction of sp³-hybridized carbons (Fsp3) is 0.130. The topological polar surface area (TPSA) is 52.5 Å². The predicted molar refractivity (Wildman–Crippen MR) is 99.7 cm³/mol. The zero-order valence-electron chi connectivity index (χ0n) is 16.3. The van der Waals surface area contributed by atoms with Crippen molar-refractivity contribution < 1.29 is 52.6 Å². The number of hydrogen-bond donors (Lipinski definition) is 0. The molecule has 1 aliphatic heterocycles. The largest absolute Gasteiger partial charge is 1.00 e. The first kappa shape index (κ1) is 22.3. The van der Waals surface area contributed by atoms with Crippen LogP contribution in [0.5, 0.6) is 0 Å². The Labute approximate surface area is 192 Å². The second kappa shape index (κ2) is 8.38. The molecule has 1 heterocycles. The standard InChI is InChI=1S/C23H16F3NO2.Na/c1-23(26)20(22(28)29)17-12-15(24)10-11-19(17)27-21(23)14-8-6-13(7-9-14)16-4-2-3-5-18(16)25;/h2-12,21H,1H3,(H,28,29);/q;+1/p-1. The van der Waals surface area contributed by atoms with E-state index >= 15 is 4.39 Å². The minimum absolute atomic E-state index is 0. The third-order valence-corrected chi connectivity index (χ3v) is 5.11. The van der Waals surface area contributed by atoms with E-state index in [0.29, 0.717) is 16.7 Å². The summed E-state index contributed by atoms with van der Waals surface area (Å²) in [5.74, 6) is -2.80. The maximum Gasteiger partial charge on any atom is 1.00 e. The number of hydrogen-bond acceptors (Lipinski definition) is 3. The normalized spacial score (nSPS) is 20.0. The number of benzene rings is 3. The molecule has 4 rings (SSSR count). The molecule has 0 N–H and O–H groups in total. The molecule has 3 aromatic carbocycles. The Kier molecular flexibility index (Phi) is 6.22. The van der Waals surface area contributed by atoms with Crippen LogP contribution in [0.1, 0.15) is 18.5 Å². The van der Waals surface area contributed by atoms with E-state index in [0.717, 1.165) is 19.1 Å². The minimum Gasteiger partial charge on any atom is -0.545 e. The van der Waals surface area contributed by atoms with Crippen LogP contribution in [0.15, 0.2) is 71.7 Å². The van der Waals surface area contributed by atoms with E-state index in [9.17, 15) is 18.7 Å². The van der Waals surface area contributed by atoms with Crippen molar-refractivity contribution in [1.82, 2.24) is 0 Å². The van der Waals surface area contributed by atoms with Gasteiger partial charge in [0.05, 0.1) is 11.3 Å². The van der Waals surface area contributed by atoms with Crippen molar-refractivity contribution >= 4 is 11.5 Å². The van der Waals surface area contributed by atoms with Crippen LogP contribution in [-0.2, 0) is 4.79 Å². The Morgan fingerprint density at radius 3 is 2.33 bits per heavy atom. The van der Waals surface area contributed by atoms with E-state index in [-0.39, 0.29) is 46.0 Å². The molecule has 0 aliphatic carbocycles. The van der Waals surface area contributed by atoms with E-state index in [2.05, 4.69) is 4.99 Å². The third kappa shape index (κ3) is 3.83. The van der Waals surface area contributed by atoms with Gasteiger partial charge in [0.2, 0.25) is 0 Å². The molecule has 3 nitrogen and oxygen atoms in total. The number of carbonyl (C=O) groups excluding carboxylic acids is 1. The van der Waals surface area contributed by atoms with Crippen molar-refractivity contribution in [1.29, 1.82) is 0 Å². The molecule has 1 aliphatic rings. The van der Waals surface area contributed by atoms with Crippen LogP contribution >= 0.6 is 0 Å². The molecule has 0 spiro atoms. The number of nitrogens with zero attached hydrogens (tertiary/aromatic N) is 1. The first-order valence-electron chi connectivity index (χ1n) is 8.92. The number of fused-ring (bicyclic) bond motifs is 1. The van der Waals surface area contributed by atoms with Crippen LogP contribution in [0.3, 0.4) is 0 Å². The Hall–Kier alpha value is -2.41. The van der Waals surface area contributed by atoms with Crippen LogP contribution < -0.4 is 45.2 Å². The summed E-state index contributed by atoms with van der Waals surface area (Å²) in [6, 6.07) is 14.9. The van der Waals surface area contributed by atoms with Gasteiger partial charge in [-0.15, -0.1) is 0 Å². The molecule has 0 radical (unpaired) electrons. The minimum atomic E-state index is -2.43. The maximum atomic E-state index is 15.7. The molecule has 2 atom stereocenters. The maximum absolute atomic E-state index is 15.7. The van der Waals surface area contributed by atoms with Gasteiger partial charge >= 0.3 is 29.6 Å². The third-order valence-electron chi connectivity index (χ3n) is 5.11. The second-order valence-corrected chi connectivity index (χ2v) is 7.03. The molecule has 0 amide bonds. The molecular weight excluding hydrogens is 402 g/mol. The SMILES string of the molecule is CC1(F)C(C(=O)[O-])=c2cc(F)ccc2=NC1c1ccc(-c2ccccc2F)cc1.[Na+]. The van der Waals surface area contributed by atoms with Gasteiger partial charge in [0.1, 0.15) is 17.7 Å². The van der Waals surface area contributed by atoms with Crippen LogP contribution in [-0.4, -0.2) is 11.6 Å². The van der Waals surface area contributed by atoms with Gasteiger partial charge in [-0.25, -0.2) is 13.2 Å². The number of halogens is 3. The average Bonchev–Trinajstić information content (AvgIpc) is 2.67. The van der Waals surface area contributed by atoms with Crippen molar-refractivity contribution in [2.45, 2.75) is 18.6 Å².